The lowest BCUT2D eigenvalue weighted by atomic mass is 9.81. The van der Waals surface area contributed by atoms with Crippen LogP contribution in [0.3, 0.4) is 0 Å². The molecule has 3 N–H and O–H groups in total. The van der Waals surface area contributed by atoms with Crippen molar-refractivity contribution in [3.05, 3.63) is 78.0 Å². The minimum absolute atomic E-state index is 0.260. The number of alkyl halides is 1. The summed E-state index contributed by atoms with van der Waals surface area (Å²) >= 11 is 0. The second kappa shape index (κ2) is 15.5. The Morgan fingerprint density at radius 2 is 2.07 bits per heavy atom. The third kappa shape index (κ3) is 8.75. The Labute approximate surface area is 253 Å². The molecule has 1 fully saturated rings. The lowest BCUT2D eigenvalue weighted by molar-refractivity contribution is -0.00942. The number of amides is 3. The Bertz CT molecular complexity index is 1300. The van der Waals surface area contributed by atoms with Crippen molar-refractivity contribution in [2.75, 3.05) is 13.1 Å². The molecule has 2 unspecified atom stereocenters. The summed E-state index contributed by atoms with van der Waals surface area (Å²) in [7, 11) is 0. The standard InChI is InChI=1S/C14H21FN2.C13H16N4O3.C5H7F/c1-4-13-8-16-14-7-5-6-12(9-17(13)14)10(2)11(3)15;14-11(18)17-7-4-13(5-8-17)9-3-1-2-6-15-10(9)16-12(19)20-13;1-3-4-5(2)6/h8,11-12H,2,4-7,9H2,1,3H3;1-2,6H,3-5,7-8H2,(H2,14,18)(H,16,19);3-4H,2H2,1H3/b;;4-3-. The highest BCUT2D eigenvalue weighted by Gasteiger charge is 2.46. The Balaban J connectivity index is 0.000000201. The van der Waals surface area contributed by atoms with Gasteiger partial charge in [-0.15, -0.1) is 0 Å². The van der Waals surface area contributed by atoms with Gasteiger partial charge in [-0.1, -0.05) is 32.2 Å². The van der Waals surface area contributed by atoms with Crippen molar-refractivity contribution in [3.63, 3.8) is 0 Å². The van der Waals surface area contributed by atoms with Gasteiger partial charge in [-0.05, 0) is 57.3 Å². The molecule has 9 nitrogen and oxygen atoms in total. The zero-order valence-electron chi connectivity index (χ0n) is 25.5. The van der Waals surface area contributed by atoms with Gasteiger partial charge in [-0.2, -0.15) is 0 Å². The molecular weight excluding hydrogens is 554 g/mol. The third-order valence-corrected chi connectivity index (χ3v) is 8.10. The molecule has 2 atom stereocenters. The number of urea groups is 1. The number of carbonyl (C=O) groups is 2. The number of rotatable bonds is 4. The highest BCUT2D eigenvalue weighted by molar-refractivity contribution is 5.78. The van der Waals surface area contributed by atoms with Crippen molar-refractivity contribution in [1.82, 2.24) is 19.8 Å². The molecule has 1 aromatic rings. The summed E-state index contributed by atoms with van der Waals surface area (Å²) in [5.74, 6) is 1.59. The molecule has 43 heavy (non-hydrogen) atoms. The lowest BCUT2D eigenvalue weighted by Crippen LogP contribution is -2.54. The fourth-order valence-electron chi connectivity index (χ4n) is 5.69. The first-order valence-electron chi connectivity index (χ1n) is 14.8. The van der Waals surface area contributed by atoms with Crippen LogP contribution in [0.4, 0.5) is 18.4 Å². The normalized spacial score (nSPS) is 21.1. The molecule has 0 radical (unpaired) electrons. The number of hydrogen-bond acceptors (Lipinski definition) is 5. The number of aryl methyl sites for hydroxylation is 2. The van der Waals surface area contributed by atoms with Gasteiger partial charge in [0.25, 0.3) is 0 Å². The lowest BCUT2D eigenvalue weighted by Gasteiger charge is -2.44. The highest BCUT2D eigenvalue weighted by Crippen LogP contribution is 2.40. The van der Waals surface area contributed by atoms with Gasteiger partial charge in [0.15, 0.2) is 0 Å². The number of piperidine rings is 1. The van der Waals surface area contributed by atoms with E-state index in [1.54, 1.807) is 31.0 Å². The van der Waals surface area contributed by atoms with Gasteiger partial charge in [0.1, 0.15) is 29.2 Å². The average Bonchev–Trinajstić information content (AvgIpc) is 3.10. The first-order chi connectivity index (χ1) is 20.5. The molecule has 234 valence electrons. The van der Waals surface area contributed by atoms with Crippen molar-refractivity contribution in [2.24, 2.45) is 16.6 Å². The summed E-state index contributed by atoms with van der Waals surface area (Å²) < 4.78 is 32.6. The van der Waals surface area contributed by atoms with E-state index in [1.807, 2.05) is 18.3 Å². The Kier molecular flexibility index (Phi) is 12.0. The molecule has 4 aliphatic rings. The number of aromatic nitrogens is 2. The number of hydrogen-bond donors (Lipinski definition) is 2. The zero-order chi connectivity index (χ0) is 31.6. The number of likely N-dealkylation sites (tertiary alicyclic amines) is 1. The molecular formula is C32H44F2N6O3. The molecule has 0 saturated carbocycles. The van der Waals surface area contributed by atoms with Crippen LogP contribution in [0.1, 0.15) is 64.4 Å². The summed E-state index contributed by atoms with van der Waals surface area (Å²) in [5.41, 5.74) is 7.58. The average molecular weight is 599 g/mol. The molecule has 11 heteroatoms. The predicted molar refractivity (Wildman–Crippen MR) is 165 cm³/mol. The number of nitrogens with one attached hydrogen (secondary N) is 1. The fourth-order valence-corrected chi connectivity index (χ4v) is 5.69. The van der Waals surface area contributed by atoms with Gasteiger partial charge in [-0.25, -0.2) is 28.3 Å². The van der Waals surface area contributed by atoms with E-state index in [0.29, 0.717) is 38.2 Å². The maximum atomic E-state index is 13.4. The van der Waals surface area contributed by atoms with Crippen molar-refractivity contribution in [1.29, 1.82) is 0 Å². The summed E-state index contributed by atoms with van der Waals surface area (Å²) in [5, 5.41) is 2.64. The zero-order valence-corrected chi connectivity index (χ0v) is 25.5. The van der Waals surface area contributed by atoms with Crippen molar-refractivity contribution >= 4 is 18.3 Å². The highest BCUT2D eigenvalue weighted by atomic mass is 19.1. The number of fused-ring (bicyclic) bond motifs is 2. The molecule has 1 aromatic heterocycles. The summed E-state index contributed by atoms with van der Waals surface area (Å²) in [4.78, 5) is 33.2. The number of alkyl carbamates (subject to hydrolysis) is 1. The SMILES string of the molecule is C=C(C(C)F)C1CCCc2ncc(CC)n2C1.C=C(F)/C=C\C.NC(=O)N1CCC2(CC1)OC(=O)NC1=C2CC=CC=N1. The number of carbonyl (C=O) groups excluding carboxylic acids is 2. The molecule has 1 spiro atoms. The second-order valence-corrected chi connectivity index (χ2v) is 10.9. The maximum Gasteiger partial charge on any atom is 0.413 e. The predicted octanol–water partition coefficient (Wildman–Crippen LogP) is 6.24. The van der Waals surface area contributed by atoms with Crippen molar-refractivity contribution < 1.29 is 23.1 Å². The second-order valence-electron chi connectivity index (χ2n) is 10.9. The van der Waals surface area contributed by atoms with E-state index in [1.165, 1.54) is 11.8 Å². The fraction of sp³-hybridized carbons (Fsp3) is 0.500. The number of halogens is 2. The van der Waals surface area contributed by atoms with Gasteiger partial charge < -0.3 is 19.9 Å². The number of allylic oxidation sites excluding steroid dienone is 6. The third-order valence-electron chi connectivity index (χ3n) is 8.10. The maximum absolute atomic E-state index is 13.4. The van der Waals surface area contributed by atoms with Crippen LogP contribution in [-0.4, -0.2) is 57.7 Å². The molecule has 0 bridgehead atoms. The first-order valence-corrected chi connectivity index (χ1v) is 14.8. The van der Waals surface area contributed by atoms with Crippen LogP contribution in [0.25, 0.3) is 0 Å². The van der Waals surface area contributed by atoms with Crippen LogP contribution in [0.5, 0.6) is 0 Å². The van der Waals surface area contributed by atoms with Crippen LogP contribution in [0.2, 0.25) is 0 Å². The minimum Gasteiger partial charge on any atom is -0.438 e. The van der Waals surface area contributed by atoms with Crippen LogP contribution in [0.15, 0.2) is 71.4 Å². The Morgan fingerprint density at radius 3 is 2.65 bits per heavy atom. The van der Waals surface area contributed by atoms with Gasteiger partial charge >= 0.3 is 12.1 Å². The van der Waals surface area contributed by atoms with E-state index in [0.717, 1.165) is 49.2 Å². The molecule has 0 aromatic carbocycles. The summed E-state index contributed by atoms with van der Waals surface area (Å²) in [6, 6.07) is -0.437. The first kappa shape index (κ1) is 33.5. The number of imidazole rings is 1. The molecule has 5 rings (SSSR count). The van der Waals surface area contributed by atoms with Crippen LogP contribution in [-0.2, 0) is 24.1 Å². The van der Waals surface area contributed by atoms with E-state index in [9.17, 15) is 18.4 Å². The van der Waals surface area contributed by atoms with Crippen molar-refractivity contribution in [3.8, 4) is 0 Å². The Hall–Kier alpha value is -4.02. The molecule has 3 amide bonds. The van der Waals surface area contributed by atoms with Crippen LogP contribution >= 0.6 is 0 Å². The number of aliphatic imine (C=N–C) groups is 1. The quantitative estimate of drug-likeness (QED) is 0.315. The Morgan fingerprint density at radius 1 is 1.35 bits per heavy atom. The van der Waals surface area contributed by atoms with Gasteiger partial charge in [0, 0.05) is 68.5 Å². The summed E-state index contributed by atoms with van der Waals surface area (Å²) in [6.45, 7) is 14.2. The van der Waals surface area contributed by atoms with Crippen LogP contribution < -0.4 is 11.1 Å². The van der Waals surface area contributed by atoms with Gasteiger partial charge in [0.2, 0.25) is 0 Å². The number of primary amides is 1. The number of nitrogens with zero attached hydrogens (tertiary/aromatic N) is 4. The smallest absolute Gasteiger partial charge is 0.413 e. The van der Waals surface area contributed by atoms with E-state index >= 15 is 0 Å². The van der Waals surface area contributed by atoms with E-state index < -0.39 is 29.7 Å². The molecule has 0 aliphatic carbocycles. The topological polar surface area (TPSA) is 115 Å². The van der Waals surface area contributed by atoms with Gasteiger partial charge in [0.05, 0.1) is 0 Å². The number of ether oxygens (including phenoxy) is 1. The van der Waals surface area contributed by atoms with E-state index in [2.05, 4.69) is 39.9 Å². The number of nitrogens with two attached hydrogens (primary N) is 1. The largest absolute Gasteiger partial charge is 0.438 e. The minimum atomic E-state index is -0.907. The van der Waals surface area contributed by atoms with Gasteiger partial charge in [-0.3, -0.25) is 5.32 Å². The van der Waals surface area contributed by atoms with E-state index in [4.69, 9.17) is 10.5 Å². The van der Waals surface area contributed by atoms with E-state index in [-0.39, 0.29) is 5.92 Å². The molecule has 1 saturated heterocycles. The monoisotopic (exact) mass is 598 g/mol. The van der Waals surface area contributed by atoms with Crippen molar-refractivity contribution in [2.45, 2.75) is 84.0 Å². The molecule has 5 heterocycles. The summed E-state index contributed by atoms with van der Waals surface area (Å²) in [6.07, 6.45) is 14.8. The molecule has 4 aliphatic heterocycles. The van der Waals surface area contributed by atoms with Crippen LogP contribution in [0, 0.1) is 5.92 Å².